The summed E-state index contributed by atoms with van der Waals surface area (Å²) in [7, 11) is 3.21. The molecule has 0 aromatic heterocycles. The van der Waals surface area contributed by atoms with Crippen LogP contribution in [0.5, 0.6) is 11.5 Å². The fourth-order valence-electron chi connectivity index (χ4n) is 2.46. The van der Waals surface area contributed by atoms with E-state index in [9.17, 15) is 4.79 Å². The summed E-state index contributed by atoms with van der Waals surface area (Å²) in [6.07, 6.45) is 3.14. The zero-order valence-corrected chi connectivity index (χ0v) is 16.5. The summed E-state index contributed by atoms with van der Waals surface area (Å²) < 4.78 is 15.9. The third kappa shape index (κ3) is 6.31. The first-order valence-electron chi connectivity index (χ1n) is 8.60. The maximum atomic E-state index is 12.1. The molecule has 0 aliphatic rings. The van der Waals surface area contributed by atoms with Crippen molar-refractivity contribution in [1.82, 2.24) is 5.32 Å². The summed E-state index contributed by atoms with van der Waals surface area (Å²) >= 11 is 6.24. The lowest BCUT2D eigenvalue weighted by atomic mass is 10.1. The van der Waals surface area contributed by atoms with Crippen molar-refractivity contribution in [3.63, 3.8) is 0 Å². The van der Waals surface area contributed by atoms with E-state index in [1.807, 2.05) is 31.2 Å². The molecule has 2 rings (SSSR count). The molecule has 0 bridgehead atoms. The Morgan fingerprint density at radius 2 is 1.85 bits per heavy atom. The first-order valence-corrected chi connectivity index (χ1v) is 8.98. The SMILES string of the molecule is CCOc1c(Cl)cc(/C=C/C(=O)NCc2ccc(COC)cc2)cc1OC. The minimum Gasteiger partial charge on any atom is -0.493 e. The lowest BCUT2D eigenvalue weighted by Crippen LogP contribution is -2.20. The van der Waals surface area contributed by atoms with Crippen LogP contribution in [0.2, 0.25) is 5.02 Å². The smallest absolute Gasteiger partial charge is 0.244 e. The van der Waals surface area contributed by atoms with Crippen LogP contribution in [0, 0.1) is 0 Å². The zero-order chi connectivity index (χ0) is 19.6. The third-order valence-electron chi connectivity index (χ3n) is 3.77. The van der Waals surface area contributed by atoms with E-state index in [0.717, 1.165) is 16.7 Å². The Morgan fingerprint density at radius 1 is 1.15 bits per heavy atom. The molecule has 144 valence electrons. The molecular weight excluding hydrogens is 366 g/mol. The maximum Gasteiger partial charge on any atom is 0.244 e. The van der Waals surface area contributed by atoms with Gasteiger partial charge in [-0.15, -0.1) is 0 Å². The van der Waals surface area contributed by atoms with Gasteiger partial charge in [0.25, 0.3) is 0 Å². The van der Waals surface area contributed by atoms with Gasteiger partial charge in [-0.1, -0.05) is 35.9 Å². The number of halogens is 1. The van der Waals surface area contributed by atoms with Gasteiger partial charge >= 0.3 is 0 Å². The van der Waals surface area contributed by atoms with Crippen molar-refractivity contribution in [2.75, 3.05) is 20.8 Å². The lowest BCUT2D eigenvalue weighted by molar-refractivity contribution is -0.116. The van der Waals surface area contributed by atoms with Crippen molar-refractivity contribution < 1.29 is 19.0 Å². The zero-order valence-electron chi connectivity index (χ0n) is 15.8. The van der Waals surface area contributed by atoms with Gasteiger partial charge in [0.05, 0.1) is 25.3 Å². The van der Waals surface area contributed by atoms with E-state index >= 15 is 0 Å². The van der Waals surface area contributed by atoms with E-state index in [2.05, 4.69) is 5.32 Å². The van der Waals surface area contributed by atoms with Gasteiger partial charge in [-0.05, 0) is 41.8 Å². The number of hydrogen-bond donors (Lipinski definition) is 1. The molecule has 0 spiro atoms. The van der Waals surface area contributed by atoms with E-state index in [1.54, 1.807) is 32.4 Å². The Labute approximate surface area is 164 Å². The fraction of sp³-hybridized carbons (Fsp3) is 0.286. The van der Waals surface area contributed by atoms with Gasteiger partial charge in [0.2, 0.25) is 5.91 Å². The van der Waals surface area contributed by atoms with Gasteiger partial charge in [-0.2, -0.15) is 0 Å². The average Bonchev–Trinajstić information content (AvgIpc) is 2.67. The number of nitrogens with one attached hydrogen (secondary N) is 1. The number of hydrogen-bond acceptors (Lipinski definition) is 4. The molecular formula is C21H24ClNO4. The van der Waals surface area contributed by atoms with Crippen molar-refractivity contribution in [2.45, 2.75) is 20.1 Å². The summed E-state index contributed by atoms with van der Waals surface area (Å²) in [5.41, 5.74) is 2.86. The highest BCUT2D eigenvalue weighted by atomic mass is 35.5. The Balaban J connectivity index is 1.96. The van der Waals surface area contributed by atoms with Crippen LogP contribution in [0.15, 0.2) is 42.5 Å². The van der Waals surface area contributed by atoms with Crippen molar-refractivity contribution >= 4 is 23.6 Å². The molecule has 1 amide bonds. The van der Waals surface area contributed by atoms with Crippen LogP contribution in [0.1, 0.15) is 23.6 Å². The number of ether oxygens (including phenoxy) is 3. The Morgan fingerprint density at radius 3 is 2.48 bits per heavy atom. The van der Waals surface area contributed by atoms with Crippen LogP contribution in [0.4, 0.5) is 0 Å². The highest BCUT2D eigenvalue weighted by Crippen LogP contribution is 2.36. The van der Waals surface area contributed by atoms with Crippen molar-refractivity contribution in [3.05, 3.63) is 64.2 Å². The Bertz CT molecular complexity index is 788. The molecule has 0 radical (unpaired) electrons. The Kier molecular flexibility index (Phi) is 8.17. The molecule has 0 saturated carbocycles. The molecule has 0 fully saturated rings. The monoisotopic (exact) mass is 389 g/mol. The number of rotatable bonds is 9. The van der Waals surface area contributed by atoms with Gasteiger partial charge in [-0.25, -0.2) is 0 Å². The predicted molar refractivity (Wildman–Crippen MR) is 107 cm³/mol. The van der Waals surface area contributed by atoms with Gasteiger partial charge in [0.1, 0.15) is 0 Å². The molecule has 2 aromatic rings. The molecule has 5 nitrogen and oxygen atoms in total. The number of carbonyl (C=O) groups is 1. The highest BCUT2D eigenvalue weighted by Gasteiger charge is 2.10. The van der Waals surface area contributed by atoms with Gasteiger partial charge in [-0.3, -0.25) is 4.79 Å². The highest BCUT2D eigenvalue weighted by molar-refractivity contribution is 6.32. The molecule has 0 atom stereocenters. The summed E-state index contributed by atoms with van der Waals surface area (Å²) in [6, 6.07) is 11.4. The largest absolute Gasteiger partial charge is 0.493 e. The van der Waals surface area contributed by atoms with Crippen molar-refractivity contribution in [2.24, 2.45) is 0 Å². The second kappa shape index (κ2) is 10.6. The van der Waals surface area contributed by atoms with Crippen LogP contribution in [0.25, 0.3) is 6.08 Å². The van der Waals surface area contributed by atoms with Crippen LogP contribution in [-0.4, -0.2) is 26.7 Å². The van der Waals surface area contributed by atoms with E-state index in [-0.39, 0.29) is 5.91 Å². The first kappa shape index (κ1) is 20.8. The standard InChI is InChI=1S/C21H24ClNO4/c1-4-27-21-18(22)11-17(12-19(21)26-3)9-10-20(24)23-13-15-5-7-16(8-6-15)14-25-2/h5-12H,4,13-14H2,1-3H3,(H,23,24)/b10-9+. The van der Waals surface area contributed by atoms with E-state index < -0.39 is 0 Å². The Hall–Kier alpha value is -2.50. The minimum absolute atomic E-state index is 0.194. The molecule has 1 N–H and O–H groups in total. The van der Waals surface area contributed by atoms with E-state index in [0.29, 0.717) is 36.3 Å². The molecule has 0 heterocycles. The number of amides is 1. The molecule has 0 aliphatic carbocycles. The van der Waals surface area contributed by atoms with E-state index in [4.69, 9.17) is 25.8 Å². The topological polar surface area (TPSA) is 56.8 Å². The minimum atomic E-state index is -0.194. The molecule has 0 saturated heterocycles. The summed E-state index contributed by atoms with van der Waals surface area (Å²) in [4.78, 5) is 12.1. The molecule has 27 heavy (non-hydrogen) atoms. The van der Waals surface area contributed by atoms with Crippen LogP contribution < -0.4 is 14.8 Å². The molecule has 0 unspecified atom stereocenters. The third-order valence-corrected chi connectivity index (χ3v) is 4.05. The number of benzene rings is 2. The normalized spacial score (nSPS) is 10.8. The fourth-order valence-corrected chi connectivity index (χ4v) is 2.73. The summed E-state index contributed by atoms with van der Waals surface area (Å²) in [5, 5.41) is 3.29. The average molecular weight is 390 g/mol. The van der Waals surface area contributed by atoms with Crippen LogP contribution in [-0.2, 0) is 22.7 Å². The second-order valence-electron chi connectivity index (χ2n) is 5.77. The predicted octanol–water partition coefficient (Wildman–Crippen LogP) is 4.22. The van der Waals surface area contributed by atoms with Crippen LogP contribution >= 0.6 is 11.6 Å². The van der Waals surface area contributed by atoms with Gasteiger partial charge in [0.15, 0.2) is 11.5 Å². The first-order chi connectivity index (χ1) is 13.1. The van der Waals surface area contributed by atoms with Gasteiger partial charge in [0, 0.05) is 19.7 Å². The summed E-state index contributed by atoms with van der Waals surface area (Å²) in [5.74, 6) is 0.834. The number of methoxy groups -OCH3 is 2. The van der Waals surface area contributed by atoms with Crippen molar-refractivity contribution in [1.29, 1.82) is 0 Å². The quantitative estimate of drug-likeness (QED) is 0.652. The molecule has 6 heteroatoms. The van der Waals surface area contributed by atoms with Gasteiger partial charge < -0.3 is 19.5 Å². The second-order valence-corrected chi connectivity index (χ2v) is 6.17. The lowest BCUT2D eigenvalue weighted by Gasteiger charge is -2.11. The van der Waals surface area contributed by atoms with Crippen molar-refractivity contribution in [3.8, 4) is 11.5 Å². The maximum absolute atomic E-state index is 12.1. The molecule has 2 aromatic carbocycles. The molecule has 0 aliphatic heterocycles. The van der Waals surface area contributed by atoms with E-state index in [1.165, 1.54) is 6.08 Å². The van der Waals surface area contributed by atoms with Crippen LogP contribution in [0.3, 0.4) is 0 Å². The number of carbonyl (C=O) groups excluding carboxylic acids is 1. The summed E-state index contributed by atoms with van der Waals surface area (Å²) in [6.45, 7) is 3.38.